The van der Waals surface area contributed by atoms with Gasteiger partial charge in [0.1, 0.15) is 12.4 Å². The topological polar surface area (TPSA) is 169 Å². The van der Waals surface area contributed by atoms with Crippen molar-refractivity contribution >= 4 is 5.82 Å². The molecule has 0 saturated carbocycles. The van der Waals surface area contributed by atoms with E-state index in [1.165, 1.54) is 13.2 Å². The molecule has 43 heavy (non-hydrogen) atoms. The highest BCUT2D eigenvalue weighted by molar-refractivity contribution is 5.53. The summed E-state index contributed by atoms with van der Waals surface area (Å²) in [5.41, 5.74) is 8.56. The Morgan fingerprint density at radius 1 is 1.02 bits per heavy atom. The van der Waals surface area contributed by atoms with Gasteiger partial charge in [-0.2, -0.15) is 0 Å². The summed E-state index contributed by atoms with van der Waals surface area (Å²) in [5, 5.41) is 44.0. The summed E-state index contributed by atoms with van der Waals surface area (Å²) in [6.07, 6.45) is 4.19. The van der Waals surface area contributed by atoms with Gasteiger partial charge >= 0.3 is 0 Å². The zero-order chi connectivity index (χ0) is 30.8. The first kappa shape index (κ1) is 32.2. The number of nitrogens with one attached hydrogen (secondary N) is 1. The van der Waals surface area contributed by atoms with Crippen LogP contribution in [0.5, 0.6) is 28.7 Å². The van der Waals surface area contributed by atoms with Crippen LogP contribution in [0.3, 0.4) is 0 Å². The van der Waals surface area contributed by atoms with E-state index in [1.54, 1.807) is 30.5 Å². The van der Waals surface area contributed by atoms with E-state index in [0.29, 0.717) is 38.1 Å². The van der Waals surface area contributed by atoms with E-state index < -0.39 is 19.0 Å². The van der Waals surface area contributed by atoms with Crippen molar-refractivity contribution in [3.05, 3.63) is 65.4 Å². The molecule has 0 amide bonds. The van der Waals surface area contributed by atoms with Crippen molar-refractivity contribution in [1.29, 1.82) is 0 Å². The van der Waals surface area contributed by atoms with E-state index in [4.69, 9.17) is 29.8 Å². The molecule has 1 aromatic heterocycles. The molecular formula is C32H43N3O8. The summed E-state index contributed by atoms with van der Waals surface area (Å²) in [6, 6.07) is 12.3. The predicted molar refractivity (Wildman–Crippen MR) is 162 cm³/mol. The number of aromatic nitrogens is 1. The number of benzene rings is 2. The van der Waals surface area contributed by atoms with Crippen LogP contribution in [0.4, 0.5) is 5.82 Å². The van der Waals surface area contributed by atoms with Crippen LogP contribution in [0.2, 0.25) is 0 Å². The van der Waals surface area contributed by atoms with Gasteiger partial charge in [-0.3, -0.25) is 0 Å². The maximum absolute atomic E-state index is 10.9. The molecule has 3 aromatic rings. The molecule has 2 heterocycles. The predicted octanol–water partition coefficient (Wildman–Crippen LogP) is 3.62. The number of likely N-dealkylation sites (N-methyl/N-ethyl adjacent to an activating group) is 1. The number of nitrogens with two attached hydrogens (primary N) is 1. The van der Waals surface area contributed by atoms with Crippen molar-refractivity contribution in [3.8, 4) is 28.7 Å². The molecule has 0 radical (unpaired) electrons. The van der Waals surface area contributed by atoms with Gasteiger partial charge in [0.15, 0.2) is 29.8 Å². The summed E-state index contributed by atoms with van der Waals surface area (Å²) in [4.78, 5) is 4.05. The van der Waals surface area contributed by atoms with Gasteiger partial charge in [0.05, 0.1) is 25.4 Å². The Morgan fingerprint density at radius 2 is 1.81 bits per heavy atom. The van der Waals surface area contributed by atoms with Gasteiger partial charge in [-0.1, -0.05) is 13.0 Å². The molecule has 7 N–H and O–H groups in total. The van der Waals surface area contributed by atoms with Crippen molar-refractivity contribution in [2.75, 3.05) is 32.8 Å². The molecule has 11 nitrogen and oxygen atoms in total. The number of nitrogen functional groups attached to an aromatic ring is 1. The van der Waals surface area contributed by atoms with Crippen LogP contribution in [0.25, 0.3) is 0 Å². The van der Waals surface area contributed by atoms with Gasteiger partial charge in [-0.25, -0.2) is 4.98 Å². The number of aromatic hydroxyl groups is 2. The molecule has 4 rings (SSSR count). The summed E-state index contributed by atoms with van der Waals surface area (Å²) in [7, 11) is 1.48. The number of aryl methyl sites for hydroxylation is 2. The van der Waals surface area contributed by atoms with E-state index in [9.17, 15) is 15.3 Å². The van der Waals surface area contributed by atoms with Gasteiger partial charge < -0.3 is 50.4 Å². The second kappa shape index (κ2) is 15.6. The first-order valence-electron chi connectivity index (χ1n) is 14.7. The third-order valence-electron chi connectivity index (χ3n) is 7.59. The number of nitrogens with zero attached hydrogens (tertiary/aromatic N) is 1. The molecular weight excluding hydrogens is 554 g/mol. The molecule has 1 saturated heterocycles. The van der Waals surface area contributed by atoms with Gasteiger partial charge in [0, 0.05) is 18.7 Å². The fourth-order valence-corrected chi connectivity index (χ4v) is 5.39. The van der Waals surface area contributed by atoms with Gasteiger partial charge in [0.2, 0.25) is 5.75 Å². The lowest BCUT2D eigenvalue weighted by Gasteiger charge is -2.34. The van der Waals surface area contributed by atoms with Crippen LogP contribution in [0.15, 0.2) is 48.7 Å². The zero-order valence-corrected chi connectivity index (χ0v) is 24.7. The average Bonchev–Trinajstić information content (AvgIpc) is 2.99. The number of phenols is 2. The van der Waals surface area contributed by atoms with Gasteiger partial charge in [-0.15, -0.1) is 0 Å². The normalized spacial score (nSPS) is 19.1. The Kier molecular flexibility index (Phi) is 11.7. The van der Waals surface area contributed by atoms with Crippen molar-refractivity contribution in [2.45, 2.75) is 69.8 Å². The Morgan fingerprint density at radius 3 is 2.56 bits per heavy atom. The standard InChI is InChI=1S/C32H43N3O8/c1-3-34-23(7-4-21-10-11-35-31(33)13-21)18-41-30-15-22(14-29(40-2)32(30)39)27-17-24(37)16-25(43-27)8-5-20-6-9-26(38)28(12-20)42-19-36/h6,9-15,23-25,27,34,36-39H,3-5,7-8,16-19H2,1-2H3,(H2,33,35)/t23-,24+,25+,27+/m1/s1. The molecule has 1 fully saturated rings. The Balaban J connectivity index is 1.43. The monoisotopic (exact) mass is 597 g/mol. The first-order valence-corrected chi connectivity index (χ1v) is 14.7. The fourth-order valence-electron chi connectivity index (χ4n) is 5.39. The lowest BCUT2D eigenvalue weighted by atomic mass is 9.93. The summed E-state index contributed by atoms with van der Waals surface area (Å²) in [6.45, 7) is 2.58. The number of hydrogen-bond acceptors (Lipinski definition) is 11. The molecule has 4 atom stereocenters. The maximum Gasteiger partial charge on any atom is 0.200 e. The van der Waals surface area contributed by atoms with E-state index >= 15 is 0 Å². The number of anilines is 1. The molecule has 0 spiro atoms. The molecule has 11 heteroatoms. The number of aliphatic hydroxyl groups excluding tert-OH is 2. The minimum atomic E-state index is -0.568. The molecule has 0 bridgehead atoms. The van der Waals surface area contributed by atoms with E-state index in [2.05, 4.69) is 10.3 Å². The third-order valence-corrected chi connectivity index (χ3v) is 7.59. The molecule has 2 aromatic carbocycles. The minimum Gasteiger partial charge on any atom is -0.504 e. The second-order valence-corrected chi connectivity index (χ2v) is 10.7. The SMILES string of the molecule is CCN[C@H](CCc1ccnc(N)c1)COc1cc([C@@H]2C[C@@H](O)C[C@H](CCc3ccc(O)c(OCO)c3)O2)cc(OC)c1O. The fraction of sp³-hybridized carbons (Fsp3) is 0.469. The molecule has 0 aliphatic carbocycles. The zero-order valence-electron chi connectivity index (χ0n) is 24.7. The summed E-state index contributed by atoms with van der Waals surface area (Å²) < 4.78 is 23.1. The van der Waals surface area contributed by atoms with Crippen molar-refractivity contribution < 1.29 is 39.4 Å². The number of phenolic OH excluding ortho intramolecular Hbond substituents is 2. The Bertz CT molecular complexity index is 1320. The molecule has 1 aliphatic heterocycles. The van der Waals surface area contributed by atoms with Crippen LogP contribution >= 0.6 is 0 Å². The largest absolute Gasteiger partial charge is 0.504 e. The highest BCUT2D eigenvalue weighted by Gasteiger charge is 2.31. The van der Waals surface area contributed by atoms with Crippen molar-refractivity contribution in [1.82, 2.24) is 10.3 Å². The molecule has 234 valence electrons. The number of pyridine rings is 1. The number of rotatable bonds is 15. The lowest BCUT2D eigenvalue weighted by molar-refractivity contribution is -0.0999. The molecule has 0 unspecified atom stereocenters. The Labute approximate surface area is 252 Å². The maximum atomic E-state index is 10.9. The van der Waals surface area contributed by atoms with E-state index in [0.717, 1.165) is 36.1 Å². The highest BCUT2D eigenvalue weighted by atomic mass is 16.6. The average molecular weight is 598 g/mol. The van der Waals surface area contributed by atoms with Crippen LogP contribution in [0.1, 0.15) is 55.4 Å². The van der Waals surface area contributed by atoms with Crippen LogP contribution in [0, 0.1) is 0 Å². The van der Waals surface area contributed by atoms with Crippen LogP contribution < -0.4 is 25.3 Å². The summed E-state index contributed by atoms with van der Waals surface area (Å²) in [5.74, 6) is 1.11. The van der Waals surface area contributed by atoms with Crippen LogP contribution in [-0.4, -0.2) is 70.7 Å². The Hall–Kier alpha value is -3.77. The van der Waals surface area contributed by atoms with Crippen molar-refractivity contribution in [3.63, 3.8) is 0 Å². The minimum absolute atomic E-state index is 0.0220. The van der Waals surface area contributed by atoms with Gasteiger partial charge in [-0.05, 0) is 91.7 Å². The summed E-state index contributed by atoms with van der Waals surface area (Å²) >= 11 is 0. The number of ether oxygens (including phenoxy) is 4. The number of aliphatic hydroxyl groups is 2. The highest BCUT2D eigenvalue weighted by Crippen LogP contribution is 2.42. The first-order chi connectivity index (χ1) is 20.8. The van der Waals surface area contributed by atoms with Crippen molar-refractivity contribution in [2.24, 2.45) is 0 Å². The quantitative estimate of drug-likeness (QED) is 0.142. The lowest BCUT2D eigenvalue weighted by Crippen LogP contribution is -2.35. The van der Waals surface area contributed by atoms with E-state index in [1.807, 2.05) is 19.1 Å². The molecule has 1 aliphatic rings. The van der Waals surface area contributed by atoms with E-state index in [-0.39, 0.29) is 40.9 Å². The number of methoxy groups -OCH3 is 1. The second-order valence-electron chi connectivity index (χ2n) is 10.7. The van der Waals surface area contributed by atoms with Gasteiger partial charge in [0.25, 0.3) is 0 Å². The smallest absolute Gasteiger partial charge is 0.200 e. The number of hydrogen-bond donors (Lipinski definition) is 6. The third kappa shape index (κ3) is 9.11. The van der Waals surface area contributed by atoms with Crippen LogP contribution in [-0.2, 0) is 17.6 Å².